The quantitative estimate of drug-likeness (QED) is 0.692. The van der Waals surface area contributed by atoms with Crippen LogP contribution in [0.5, 0.6) is 0 Å². The summed E-state index contributed by atoms with van der Waals surface area (Å²) < 4.78 is 0. The molecule has 0 bridgehead atoms. The number of nitro groups is 1. The third-order valence-corrected chi connectivity index (χ3v) is 4.50. The number of hydrogen-bond donors (Lipinski definition) is 1. The van der Waals surface area contributed by atoms with Crippen molar-refractivity contribution >= 4 is 11.4 Å². The van der Waals surface area contributed by atoms with Crippen LogP contribution in [0.1, 0.15) is 11.1 Å². The molecule has 2 aromatic carbocycles. The molecule has 0 aliphatic carbocycles. The maximum absolute atomic E-state index is 11.1. The van der Waals surface area contributed by atoms with Crippen molar-refractivity contribution in [1.82, 2.24) is 0 Å². The van der Waals surface area contributed by atoms with E-state index in [0.717, 1.165) is 38.3 Å². The van der Waals surface area contributed by atoms with Crippen molar-refractivity contribution in [3.8, 4) is 0 Å². The van der Waals surface area contributed by atoms with Crippen molar-refractivity contribution in [2.24, 2.45) is 0 Å². The average molecular weight is 312 g/mol. The maximum atomic E-state index is 11.1. The van der Waals surface area contributed by atoms with Crippen LogP contribution in [-0.2, 0) is 6.54 Å². The number of para-hydroxylation sites is 1. The smallest absolute Gasteiger partial charge is 0.278 e. The normalized spacial score (nSPS) is 15.6. The maximum Gasteiger partial charge on any atom is 0.278 e. The number of nitrogens with one attached hydrogen (secondary N) is 1. The molecule has 1 N–H and O–H groups in total. The molecule has 23 heavy (non-hydrogen) atoms. The van der Waals surface area contributed by atoms with Gasteiger partial charge in [0.05, 0.1) is 36.7 Å². The number of nitrogens with zero attached hydrogens (tertiary/aromatic N) is 2. The van der Waals surface area contributed by atoms with E-state index in [0.29, 0.717) is 0 Å². The van der Waals surface area contributed by atoms with E-state index in [4.69, 9.17) is 0 Å². The number of quaternary nitrogens is 1. The van der Waals surface area contributed by atoms with Crippen molar-refractivity contribution in [2.45, 2.75) is 13.5 Å². The van der Waals surface area contributed by atoms with E-state index >= 15 is 0 Å². The Bertz CT molecular complexity index is 677. The van der Waals surface area contributed by atoms with Gasteiger partial charge in [-0.3, -0.25) is 10.1 Å². The van der Waals surface area contributed by atoms with Gasteiger partial charge in [0.2, 0.25) is 0 Å². The van der Waals surface area contributed by atoms with Crippen LogP contribution in [0.2, 0.25) is 0 Å². The Balaban J connectivity index is 1.61. The van der Waals surface area contributed by atoms with E-state index in [1.807, 2.05) is 12.1 Å². The van der Waals surface area contributed by atoms with E-state index in [1.165, 1.54) is 16.2 Å². The molecule has 1 heterocycles. The molecule has 1 saturated heterocycles. The lowest BCUT2D eigenvalue weighted by Crippen LogP contribution is -3.13. The minimum atomic E-state index is -0.280. The zero-order valence-electron chi connectivity index (χ0n) is 13.4. The van der Waals surface area contributed by atoms with Crippen LogP contribution in [0.15, 0.2) is 48.5 Å². The molecule has 3 rings (SSSR count). The van der Waals surface area contributed by atoms with Gasteiger partial charge in [-0.15, -0.1) is 0 Å². The zero-order chi connectivity index (χ0) is 16.2. The zero-order valence-corrected chi connectivity index (χ0v) is 13.4. The molecule has 1 aliphatic heterocycles. The third-order valence-electron chi connectivity index (χ3n) is 4.50. The van der Waals surface area contributed by atoms with Crippen LogP contribution in [0.25, 0.3) is 0 Å². The van der Waals surface area contributed by atoms with Gasteiger partial charge in [-0.05, 0) is 25.1 Å². The highest BCUT2D eigenvalue weighted by atomic mass is 16.6. The van der Waals surface area contributed by atoms with Crippen molar-refractivity contribution in [3.63, 3.8) is 0 Å². The molecule has 5 heteroatoms. The summed E-state index contributed by atoms with van der Waals surface area (Å²) in [6, 6.07) is 15.7. The van der Waals surface area contributed by atoms with Gasteiger partial charge >= 0.3 is 0 Å². The first-order valence-corrected chi connectivity index (χ1v) is 8.01. The molecule has 0 saturated carbocycles. The van der Waals surface area contributed by atoms with Crippen LogP contribution in [0, 0.1) is 17.0 Å². The van der Waals surface area contributed by atoms with Gasteiger partial charge in [0, 0.05) is 11.8 Å². The predicted octanol–water partition coefficient (Wildman–Crippen LogP) is 1.81. The highest BCUT2D eigenvalue weighted by Crippen LogP contribution is 2.17. The van der Waals surface area contributed by atoms with Crippen LogP contribution < -0.4 is 9.80 Å². The van der Waals surface area contributed by atoms with E-state index in [1.54, 1.807) is 12.1 Å². The summed E-state index contributed by atoms with van der Waals surface area (Å²) in [5, 5.41) is 11.1. The Morgan fingerprint density at radius 3 is 2.39 bits per heavy atom. The van der Waals surface area contributed by atoms with Gasteiger partial charge in [0.1, 0.15) is 6.54 Å². The molecule has 0 radical (unpaired) electrons. The molecule has 1 aliphatic rings. The molecule has 2 aromatic rings. The SMILES string of the molecule is Cc1ccc(N2CC[NH+](Cc3ccccc3[N+](=O)[O-])CC2)cc1. The van der Waals surface area contributed by atoms with E-state index in [-0.39, 0.29) is 10.6 Å². The van der Waals surface area contributed by atoms with Crippen LogP contribution in [0.3, 0.4) is 0 Å². The fourth-order valence-electron chi connectivity index (χ4n) is 3.12. The van der Waals surface area contributed by atoms with Crippen molar-refractivity contribution in [3.05, 3.63) is 69.8 Å². The minimum Gasteiger partial charge on any atom is -0.360 e. The number of benzene rings is 2. The number of hydrogen-bond acceptors (Lipinski definition) is 3. The summed E-state index contributed by atoms with van der Waals surface area (Å²) in [5.41, 5.74) is 3.60. The second-order valence-electron chi connectivity index (χ2n) is 6.14. The molecule has 0 unspecified atom stereocenters. The van der Waals surface area contributed by atoms with E-state index in [9.17, 15) is 10.1 Å². The monoisotopic (exact) mass is 312 g/mol. The summed E-state index contributed by atoms with van der Waals surface area (Å²) in [6.45, 7) is 6.79. The molecule has 0 atom stereocenters. The van der Waals surface area contributed by atoms with Gasteiger partial charge in [0.15, 0.2) is 0 Å². The molecule has 1 fully saturated rings. The first kappa shape index (κ1) is 15.5. The molecule has 5 nitrogen and oxygen atoms in total. The predicted molar refractivity (Wildman–Crippen MR) is 90.9 cm³/mol. The number of nitro benzene ring substituents is 1. The van der Waals surface area contributed by atoms with Crippen molar-refractivity contribution in [2.75, 3.05) is 31.1 Å². The lowest BCUT2D eigenvalue weighted by molar-refractivity contribution is -0.914. The molecular weight excluding hydrogens is 290 g/mol. The van der Waals surface area contributed by atoms with Gasteiger partial charge in [0.25, 0.3) is 5.69 Å². The Hall–Kier alpha value is -2.40. The van der Waals surface area contributed by atoms with Crippen molar-refractivity contribution < 1.29 is 9.82 Å². The average Bonchev–Trinajstić information content (AvgIpc) is 2.57. The first-order chi connectivity index (χ1) is 11.1. The summed E-state index contributed by atoms with van der Waals surface area (Å²) >= 11 is 0. The largest absolute Gasteiger partial charge is 0.360 e. The second kappa shape index (κ2) is 6.79. The number of rotatable bonds is 4. The van der Waals surface area contributed by atoms with Crippen LogP contribution in [-0.4, -0.2) is 31.1 Å². The van der Waals surface area contributed by atoms with Gasteiger partial charge in [-0.2, -0.15) is 0 Å². The fourth-order valence-corrected chi connectivity index (χ4v) is 3.12. The highest BCUT2D eigenvalue weighted by molar-refractivity contribution is 5.47. The molecule has 0 aromatic heterocycles. The Morgan fingerprint density at radius 1 is 1.09 bits per heavy atom. The molecule has 0 amide bonds. The molecular formula is C18H22N3O2+. The Labute approximate surface area is 136 Å². The number of piperazine rings is 1. The lowest BCUT2D eigenvalue weighted by Gasteiger charge is -2.33. The highest BCUT2D eigenvalue weighted by Gasteiger charge is 2.23. The van der Waals surface area contributed by atoms with Crippen LogP contribution >= 0.6 is 0 Å². The van der Waals surface area contributed by atoms with E-state index < -0.39 is 0 Å². The lowest BCUT2D eigenvalue weighted by atomic mass is 10.1. The Kier molecular flexibility index (Phi) is 4.57. The molecule has 0 spiro atoms. The minimum absolute atomic E-state index is 0.237. The number of aryl methyl sites for hydroxylation is 1. The van der Waals surface area contributed by atoms with E-state index in [2.05, 4.69) is 36.1 Å². The molecule has 120 valence electrons. The fraction of sp³-hybridized carbons (Fsp3) is 0.333. The number of anilines is 1. The van der Waals surface area contributed by atoms with Crippen LogP contribution in [0.4, 0.5) is 11.4 Å². The standard InChI is InChI=1S/C18H21N3O2/c1-15-6-8-17(9-7-15)20-12-10-19(11-13-20)14-16-4-2-3-5-18(16)21(22)23/h2-9H,10-14H2,1H3/p+1. The first-order valence-electron chi connectivity index (χ1n) is 8.01. The second-order valence-corrected chi connectivity index (χ2v) is 6.14. The van der Waals surface area contributed by atoms with Crippen molar-refractivity contribution in [1.29, 1.82) is 0 Å². The van der Waals surface area contributed by atoms with Gasteiger partial charge in [-0.25, -0.2) is 0 Å². The summed E-state index contributed by atoms with van der Waals surface area (Å²) in [7, 11) is 0. The Morgan fingerprint density at radius 2 is 1.74 bits per heavy atom. The van der Waals surface area contributed by atoms with Gasteiger partial charge < -0.3 is 9.80 Å². The summed E-state index contributed by atoms with van der Waals surface area (Å²) in [4.78, 5) is 14.6. The summed E-state index contributed by atoms with van der Waals surface area (Å²) in [5.74, 6) is 0. The summed E-state index contributed by atoms with van der Waals surface area (Å²) in [6.07, 6.45) is 0. The van der Waals surface area contributed by atoms with Gasteiger partial charge in [-0.1, -0.05) is 29.8 Å². The topological polar surface area (TPSA) is 50.8 Å². The third kappa shape index (κ3) is 3.68.